The summed E-state index contributed by atoms with van der Waals surface area (Å²) in [5, 5.41) is 4.59. The van der Waals surface area contributed by atoms with Gasteiger partial charge in [0.25, 0.3) is 11.8 Å². The maximum Gasteiger partial charge on any atom is 0.508 e. The van der Waals surface area contributed by atoms with Crippen LogP contribution in [0, 0.1) is 0 Å². The normalized spacial score (nSPS) is 14.7. The summed E-state index contributed by atoms with van der Waals surface area (Å²) < 4.78 is 86.2. The van der Waals surface area contributed by atoms with E-state index in [-0.39, 0.29) is 20.9 Å². The molecule has 0 aromatic heterocycles. The van der Waals surface area contributed by atoms with Crippen LogP contribution in [0.3, 0.4) is 0 Å². The van der Waals surface area contributed by atoms with Gasteiger partial charge in [-0.05, 0) is 35.4 Å². The second-order valence-electron chi connectivity index (χ2n) is 9.91. The summed E-state index contributed by atoms with van der Waals surface area (Å²) >= 11 is 22.3. The Kier molecular flexibility index (Phi) is 15.2. The third-order valence-corrected chi connectivity index (χ3v) is 9.64. The lowest BCUT2D eigenvalue weighted by molar-refractivity contribution is -0.121. The van der Waals surface area contributed by atoms with Gasteiger partial charge in [0, 0.05) is 24.3 Å². The van der Waals surface area contributed by atoms with Crippen LogP contribution in [0.15, 0.2) is 58.3 Å². The molecule has 19 heteroatoms. The molecule has 2 N–H and O–H groups in total. The van der Waals surface area contributed by atoms with Crippen LogP contribution in [-0.4, -0.2) is 95.6 Å². The molecule has 0 aliphatic carbocycles. The van der Waals surface area contributed by atoms with Crippen LogP contribution < -0.4 is 10.6 Å². The Morgan fingerprint density at radius 2 is 0.957 bits per heavy atom. The molecule has 256 valence electrons. The number of hydrogen-bond donors (Lipinski definition) is 2. The molecule has 2 rings (SSSR count). The average Bonchev–Trinajstić information content (AvgIpc) is 2.99. The van der Waals surface area contributed by atoms with Gasteiger partial charge in [-0.15, -0.1) is 0 Å². The van der Waals surface area contributed by atoms with E-state index in [9.17, 15) is 40.0 Å². The van der Waals surface area contributed by atoms with Gasteiger partial charge in [0.2, 0.25) is 0 Å². The lowest BCUT2D eigenvalue weighted by Crippen LogP contribution is -2.45. The molecule has 0 fully saturated rings. The largest absolute Gasteiger partial charge is 0.508 e. The van der Waals surface area contributed by atoms with Crippen molar-refractivity contribution in [1.82, 2.24) is 10.6 Å². The van der Waals surface area contributed by atoms with Gasteiger partial charge in [-0.25, -0.2) is 30.4 Å². The van der Waals surface area contributed by atoms with Crippen molar-refractivity contribution in [3.63, 3.8) is 0 Å². The van der Waals surface area contributed by atoms with Crippen molar-refractivity contribution in [1.29, 1.82) is 0 Å². The molecule has 2 aromatic carbocycles. The highest BCUT2D eigenvalue weighted by molar-refractivity contribution is 7.91. The highest BCUT2D eigenvalue weighted by atomic mass is 35.5. The molecule has 2 aromatic rings. The Morgan fingerprint density at radius 3 is 1.20 bits per heavy atom. The smallest absolute Gasteiger partial charge is 0.434 e. The predicted molar refractivity (Wildman–Crippen MR) is 169 cm³/mol. The lowest BCUT2D eigenvalue weighted by Gasteiger charge is -2.28. The van der Waals surface area contributed by atoms with E-state index in [1.54, 1.807) is 0 Å². The zero-order chi connectivity index (χ0) is 34.8. The fraction of sp³-hybridized carbons (Fsp3) is 0.444. The van der Waals surface area contributed by atoms with E-state index < -0.39 is 97.8 Å². The number of halogens is 6. The van der Waals surface area contributed by atoms with Crippen LogP contribution in [0.4, 0.5) is 13.6 Å². The predicted octanol–water partition coefficient (Wildman–Crippen LogP) is 4.03. The summed E-state index contributed by atoms with van der Waals surface area (Å²) in [7, 11) is -7.16. The number of hydrogen-bond acceptors (Lipinski definition) is 9. The molecule has 4 unspecified atom stereocenters. The number of benzene rings is 2. The van der Waals surface area contributed by atoms with Gasteiger partial charge >= 0.3 is 6.16 Å². The second-order valence-corrected chi connectivity index (χ2v) is 16.1. The van der Waals surface area contributed by atoms with Crippen LogP contribution >= 0.6 is 46.4 Å². The monoisotopic (exact) mass is 768 g/mol. The summed E-state index contributed by atoms with van der Waals surface area (Å²) in [6.07, 6.45) is 0.656. The number of amides is 2. The van der Waals surface area contributed by atoms with Crippen LogP contribution in [0.2, 0.25) is 0 Å². The molecule has 0 aliphatic rings. The lowest BCUT2D eigenvalue weighted by atomic mass is 9.92. The quantitative estimate of drug-likeness (QED) is 0.190. The fourth-order valence-corrected chi connectivity index (χ4v) is 5.67. The van der Waals surface area contributed by atoms with Crippen molar-refractivity contribution in [3.8, 4) is 0 Å². The zero-order valence-electron chi connectivity index (χ0n) is 24.2. The van der Waals surface area contributed by atoms with E-state index in [0.717, 1.165) is 12.5 Å². The zero-order valence-corrected chi connectivity index (χ0v) is 28.8. The van der Waals surface area contributed by atoms with Crippen molar-refractivity contribution in [2.75, 3.05) is 39.1 Å². The maximum absolute atomic E-state index is 14.1. The Labute approximate surface area is 285 Å². The van der Waals surface area contributed by atoms with Crippen LogP contribution in [0.25, 0.3) is 0 Å². The number of ether oxygens (including phenoxy) is 2. The summed E-state index contributed by atoms with van der Waals surface area (Å²) in [6.45, 7) is -3.54. The number of sulfone groups is 2. The molecule has 11 nitrogen and oxygen atoms in total. The molecule has 0 saturated carbocycles. The SMILES string of the molecule is CS(=O)(=O)c1ccc(C(COC(=O)OCC(c2ccc(S(C)(=O)=O)cc2)C(CF)NC(=O)C(Cl)Cl)C(CF)NC(=O)C(Cl)Cl)cc1. The van der Waals surface area contributed by atoms with Gasteiger partial charge in [0.1, 0.15) is 26.6 Å². The van der Waals surface area contributed by atoms with Gasteiger partial charge in [0.05, 0.1) is 21.9 Å². The van der Waals surface area contributed by atoms with E-state index in [1.165, 1.54) is 48.5 Å². The Morgan fingerprint density at radius 1 is 0.652 bits per heavy atom. The number of carbonyl (C=O) groups excluding carboxylic acids is 3. The van der Waals surface area contributed by atoms with E-state index >= 15 is 0 Å². The van der Waals surface area contributed by atoms with Gasteiger partial charge in [-0.2, -0.15) is 0 Å². The van der Waals surface area contributed by atoms with Crippen LogP contribution in [0.1, 0.15) is 23.0 Å². The summed E-state index contributed by atoms with van der Waals surface area (Å²) in [5.41, 5.74) is 0.536. The van der Waals surface area contributed by atoms with E-state index in [2.05, 4.69) is 10.6 Å². The molecule has 0 saturated heterocycles. The van der Waals surface area contributed by atoms with Crippen molar-refractivity contribution in [2.24, 2.45) is 0 Å². The van der Waals surface area contributed by atoms with E-state index in [4.69, 9.17) is 55.9 Å². The van der Waals surface area contributed by atoms with E-state index in [0.29, 0.717) is 0 Å². The second kappa shape index (κ2) is 17.6. The molecular weight excluding hydrogens is 740 g/mol. The first-order valence-electron chi connectivity index (χ1n) is 13.1. The van der Waals surface area contributed by atoms with Crippen LogP contribution in [0.5, 0.6) is 0 Å². The molecule has 0 heterocycles. The topological polar surface area (TPSA) is 162 Å². The Hall–Kier alpha value is -2.43. The highest BCUT2D eigenvalue weighted by Gasteiger charge is 2.31. The Bertz CT molecular complexity index is 1450. The third-order valence-electron chi connectivity index (χ3n) is 6.59. The van der Waals surface area contributed by atoms with Gasteiger partial charge in [-0.1, -0.05) is 70.7 Å². The number of rotatable bonds is 16. The van der Waals surface area contributed by atoms with E-state index in [1.807, 2.05) is 0 Å². The minimum atomic E-state index is -3.58. The molecule has 2 amide bonds. The van der Waals surface area contributed by atoms with Gasteiger partial charge < -0.3 is 20.1 Å². The summed E-state index contributed by atoms with van der Waals surface area (Å²) in [4.78, 5) is 33.7. The average molecular weight is 770 g/mol. The third kappa shape index (κ3) is 12.0. The molecular formula is C27H30Cl4F2N2O9S2. The molecule has 0 spiro atoms. The molecule has 4 atom stereocenters. The molecule has 0 aliphatic heterocycles. The minimum Gasteiger partial charge on any atom is -0.434 e. The fourth-order valence-electron chi connectivity index (χ4n) is 4.16. The first-order chi connectivity index (χ1) is 21.4. The first kappa shape index (κ1) is 39.7. The van der Waals surface area contributed by atoms with Crippen molar-refractivity contribution < 1.29 is 49.5 Å². The first-order valence-corrected chi connectivity index (χ1v) is 18.6. The molecule has 0 bridgehead atoms. The number of alkyl halides is 6. The number of nitrogens with one attached hydrogen (secondary N) is 2. The standard InChI is InChI=1S/C27H30Cl4F2N2O9S2/c1-45(39,40)17-7-3-15(4-8-17)19(21(11-32)34-25(36)23(28)29)13-43-27(38)44-14-20(22(12-33)35-26(37)24(30)31)16-5-9-18(10-6-16)46(2,41)42/h3-10,19-24H,11-14H2,1-2H3,(H,34,36)(H,35,37). The highest BCUT2D eigenvalue weighted by Crippen LogP contribution is 2.26. The summed E-state index contributed by atoms with van der Waals surface area (Å²) in [5.74, 6) is -4.06. The molecule has 0 radical (unpaired) electrons. The van der Waals surface area contributed by atoms with Gasteiger partial charge in [-0.3, -0.25) is 9.59 Å². The van der Waals surface area contributed by atoms with Crippen molar-refractivity contribution in [2.45, 2.75) is 43.4 Å². The minimum absolute atomic E-state index is 0.0440. The maximum atomic E-state index is 14.1. The summed E-state index contributed by atoms with van der Waals surface area (Å²) in [6, 6.07) is 7.68. The molecule has 46 heavy (non-hydrogen) atoms. The van der Waals surface area contributed by atoms with Gasteiger partial charge in [0.15, 0.2) is 29.3 Å². The van der Waals surface area contributed by atoms with Crippen molar-refractivity contribution in [3.05, 3.63) is 59.7 Å². The number of carbonyl (C=O) groups is 3. The Balaban J connectivity index is 2.31. The van der Waals surface area contributed by atoms with Crippen molar-refractivity contribution >= 4 is 84.0 Å². The van der Waals surface area contributed by atoms with Crippen LogP contribution in [-0.2, 0) is 38.7 Å².